The lowest BCUT2D eigenvalue weighted by atomic mass is 10.2. The molecule has 6 heteroatoms. The number of aryl methyl sites for hydroxylation is 1. The number of aromatic nitrogens is 2. The van der Waals surface area contributed by atoms with E-state index in [0.717, 1.165) is 13.0 Å². The number of hydrogen-bond donors (Lipinski definition) is 2. The molecular formula is C14H26N4O2. The number of nitrogens with one attached hydrogen (secondary N) is 2. The SMILES string of the molecule is CC(CNC(=O)OC(C)(C)C)NCCc1cnn(C)c1. The van der Waals surface area contributed by atoms with Crippen LogP contribution in [0.2, 0.25) is 0 Å². The van der Waals surface area contributed by atoms with Crippen LogP contribution < -0.4 is 10.6 Å². The van der Waals surface area contributed by atoms with Crippen molar-refractivity contribution in [1.29, 1.82) is 0 Å². The Labute approximate surface area is 120 Å². The van der Waals surface area contributed by atoms with Gasteiger partial charge in [-0.3, -0.25) is 4.68 Å². The van der Waals surface area contributed by atoms with Crippen molar-refractivity contribution in [2.45, 2.75) is 45.8 Å². The zero-order chi connectivity index (χ0) is 15.2. The molecule has 1 heterocycles. The molecule has 1 rings (SSSR count). The summed E-state index contributed by atoms with van der Waals surface area (Å²) in [5.74, 6) is 0. The quantitative estimate of drug-likeness (QED) is 0.829. The highest BCUT2D eigenvalue weighted by Crippen LogP contribution is 2.06. The van der Waals surface area contributed by atoms with Crippen LogP contribution in [0.3, 0.4) is 0 Å². The summed E-state index contributed by atoms with van der Waals surface area (Å²) in [6, 6.07) is 0.194. The lowest BCUT2D eigenvalue weighted by molar-refractivity contribution is 0.0523. The molecule has 0 radical (unpaired) electrons. The summed E-state index contributed by atoms with van der Waals surface area (Å²) in [5.41, 5.74) is 0.744. The maximum Gasteiger partial charge on any atom is 0.407 e. The Morgan fingerprint density at radius 1 is 1.50 bits per heavy atom. The van der Waals surface area contributed by atoms with Gasteiger partial charge >= 0.3 is 6.09 Å². The van der Waals surface area contributed by atoms with Gasteiger partial charge in [0.25, 0.3) is 0 Å². The molecule has 1 amide bonds. The lowest BCUT2D eigenvalue weighted by Crippen LogP contribution is -2.41. The first-order valence-electron chi connectivity index (χ1n) is 6.94. The summed E-state index contributed by atoms with van der Waals surface area (Å²) in [6.07, 6.45) is 4.42. The zero-order valence-electron chi connectivity index (χ0n) is 13.1. The van der Waals surface area contributed by atoms with Crippen LogP contribution in [-0.4, -0.2) is 40.6 Å². The number of hydrogen-bond acceptors (Lipinski definition) is 4. The standard InChI is InChI=1S/C14H26N4O2/c1-11(8-16-13(19)20-14(2,3)4)15-7-6-12-9-17-18(5)10-12/h9-11,15H,6-8H2,1-5H3,(H,16,19). The van der Waals surface area contributed by atoms with Crippen LogP contribution in [0.5, 0.6) is 0 Å². The van der Waals surface area contributed by atoms with Crippen LogP contribution in [0, 0.1) is 0 Å². The largest absolute Gasteiger partial charge is 0.444 e. The molecule has 0 aliphatic carbocycles. The van der Waals surface area contributed by atoms with E-state index in [1.165, 1.54) is 5.56 Å². The summed E-state index contributed by atoms with van der Waals surface area (Å²) < 4.78 is 6.97. The van der Waals surface area contributed by atoms with Crippen molar-refractivity contribution in [1.82, 2.24) is 20.4 Å². The molecule has 0 saturated heterocycles. The van der Waals surface area contributed by atoms with Gasteiger partial charge in [0.15, 0.2) is 0 Å². The van der Waals surface area contributed by atoms with Crippen LogP contribution >= 0.6 is 0 Å². The third-order valence-electron chi connectivity index (χ3n) is 2.62. The van der Waals surface area contributed by atoms with E-state index < -0.39 is 5.60 Å². The number of amides is 1. The second-order valence-corrected chi connectivity index (χ2v) is 6.01. The van der Waals surface area contributed by atoms with Crippen molar-refractivity contribution in [3.05, 3.63) is 18.0 Å². The predicted molar refractivity (Wildman–Crippen MR) is 78.6 cm³/mol. The molecule has 1 atom stereocenters. The average Bonchev–Trinajstić information content (AvgIpc) is 2.70. The molecule has 0 aliphatic rings. The third-order valence-corrected chi connectivity index (χ3v) is 2.62. The van der Waals surface area contributed by atoms with Crippen LogP contribution in [-0.2, 0) is 18.2 Å². The number of carbonyl (C=O) groups excluding carboxylic acids is 1. The highest BCUT2D eigenvalue weighted by molar-refractivity contribution is 5.67. The number of alkyl carbamates (subject to hydrolysis) is 1. The summed E-state index contributed by atoms with van der Waals surface area (Å²) in [4.78, 5) is 11.5. The summed E-state index contributed by atoms with van der Waals surface area (Å²) in [6.45, 7) is 8.97. The molecule has 0 aliphatic heterocycles. The monoisotopic (exact) mass is 282 g/mol. The third kappa shape index (κ3) is 7.13. The molecule has 20 heavy (non-hydrogen) atoms. The van der Waals surface area contributed by atoms with Crippen molar-refractivity contribution in [2.24, 2.45) is 7.05 Å². The highest BCUT2D eigenvalue weighted by atomic mass is 16.6. The van der Waals surface area contributed by atoms with Gasteiger partial charge in [0, 0.05) is 25.8 Å². The average molecular weight is 282 g/mol. The highest BCUT2D eigenvalue weighted by Gasteiger charge is 2.16. The van der Waals surface area contributed by atoms with E-state index in [4.69, 9.17) is 4.74 Å². The minimum absolute atomic E-state index is 0.194. The Morgan fingerprint density at radius 3 is 2.75 bits per heavy atom. The maximum atomic E-state index is 11.5. The van der Waals surface area contributed by atoms with Gasteiger partial charge in [-0.25, -0.2) is 4.79 Å². The number of carbonyl (C=O) groups is 1. The second-order valence-electron chi connectivity index (χ2n) is 6.01. The van der Waals surface area contributed by atoms with E-state index in [0.29, 0.717) is 6.54 Å². The number of nitrogens with zero attached hydrogens (tertiary/aromatic N) is 2. The van der Waals surface area contributed by atoms with Crippen molar-refractivity contribution in [3.63, 3.8) is 0 Å². The van der Waals surface area contributed by atoms with Gasteiger partial charge in [0.1, 0.15) is 5.60 Å². The van der Waals surface area contributed by atoms with Gasteiger partial charge in [0.05, 0.1) is 6.20 Å². The van der Waals surface area contributed by atoms with Gasteiger partial charge in [-0.2, -0.15) is 5.10 Å². The molecule has 0 spiro atoms. The minimum Gasteiger partial charge on any atom is -0.444 e. The van der Waals surface area contributed by atoms with Gasteiger partial charge in [-0.05, 0) is 46.2 Å². The molecular weight excluding hydrogens is 256 g/mol. The predicted octanol–water partition coefficient (Wildman–Crippen LogP) is 1.47. The molecule has 0 bridgehead atoms. The second kappa shape index (κ2) is 7.28. The summed E-state index contributed by atoms with van der Waals surface area (Å²) in [5, 5.41) is 10.2. The van der Waals surface area contributed by atoms with Gasteiger partial charge < -0.3 is 15.4 Å². The van der Waals surface area contributed by atoms with Crippen LogP contribution in [0.15, 0.2) is 12.4 Å². The van der Waals surface area contributed by atoms with Crippen molar-refractivity contribution >= 4 is 6.09 Å². The normalized spacial score (nSPS) is 13.1. The van der Waals surface area contributed by atoms with Gasteiger partial charge in [0.2, 0.25) is 0 Å². The van der Waals surface area contributed by atoms with E-state index in [2.05, 4.69) is 15.7 Å². The van der Waals surface area contributed by atoms with Gasteiger partial charge in [-0.15, -0.1) is 0 Å². The van der Waals surface area contributed by atoms with Crippen molar-refractivity contribution in [3.8, 4) is 0 Å². The topological polar surface area (TPSA) is 68.2 Å². The molecule has 2 N–H and O–H groups in total. The minimum atomic E-state index is -0.457. The smallest absolute Gasteiger partial charge is 0.407 e. The summed E-state index contributed by atoms with van der Waals surface area (Å²) in [7, 11) is 1.91. The van der Waals surface area contributed by atoms with Gasteiger partial charge in [-0.1, -0.05) is 0 Å². The number of rotatable bonds is 6. The summed E-state index contributed by atoms with van der Waals surface area (Å²) >= 11 is 0. The fourth-order valence-corrected chi connectivity index (χ4v) is 1.69. The van der Waals surface area contributed by atoms with E-state index in [-0.39, 0.29) is 12.1 Å². The first kappa shape index (κ1) is 16.5. The molecule has 114 valence electrons. The van der Waals surface area contributed by atoms with Crippen molar-refractivity contribution in [2.75, 3.05) is 13.1 Å². The van der Waals surface area contributed by atoms with E-state index in [9.17, 15) is 4.79 Å². The molecule has 1 aromatic rings. The van der Waals surface area contributed by atoms with Crippen LogP contribution in [0.1, 0.15) is 33.3 Å². The fourth-order valence-electron chi connectivity index (χ4n) is 1.69. The molecule has 6 nitrogen and oxygen atoms in total. The Hall–Kier alpha value is -1.56. The Bertz CT molecular complexity index is 423. The Morgan fingerprint density at radius 2 is 2.20 bits per heavy atom. The van der Waals surface area contributed by atoms with Crippen molar-refractivity contribution < 1.29 is 9.53 Å². The first-order valence-corrected chi connectivity index (χ1v) is 6.94. The Kier molecular flexibility index (Phi) is 6.01. The lowest BCUT2D eigenvalue weighted by Gasteiger charge is -2.21. The van der Waals surface area contributed by atoms with E-state index in [1.54, 1.807) is 4.68 Å². The van der Waals surface area contributed by atoms with Crippen LogP contribution in [0.4, 0.5) is 4.79 Å². The molecule has 1 unspecified atom stereocenters. The maximum absolute atomic E-state index is 11.5. The number of ether oxygens (including phenoxy) is 1. The molecule has 0 saturated carbocycles. The van der Waals surface area contributed by atoms with E-state index >= 15 is 0 Å². The fraction of sp³-hybridized carbons (Fsp3) is 0.714. The van der Waals surface area contributed by atoms with Crippen LogP contribution in [0.25, 0.3) is 0 Å². The molecule has 0 fully saturated rings. The zero-order valence-corrected chi connectivity index (χ0v) is 13.1. The molecule has 1 aromatic heterocycles. The van der Waals surface area contributed by atoms with E-state index in [1.807, 2.05) is 47.1 Å². The Balaban J connectivity index is 2.14. The first-order chi connectivity index (χ1) is 9.26. The molecule has 0 aromatic carbocycles.